The van der Waals surface area contributed by atoms with Crippen LogP contribution in [0.3, 0.4) is 0 Å². The second-order valence-electron chi connectivity index (χ2n) is 9.26. The molecule has 0 N–H and O–H groups in total. The summed E-state index contributed by atoms with van der Waals surface area (Å²) in [7, 11) is -7.15. The number of rotatable bonds is 8. The van der Waals surface area contributed by atoms with Crippen LogP contribution in [0.1, 0.15) is 18.4 Å². The van der Waals surface area contributed by atoms with Crippen molar-refractivity contribution in [1.82, 2.24) is 18.4 Å². The van der Waals surface area contributed by atoms with Crippen molar-refractivity contribution in [2.75, 3.05) is 52.4 Å². The predicted molar refractivity (Wildman–Crippen MR) is 143 cm³/mol. The van der Waals surface area contributed by atoms with Gasteiger partial charge in [-0.2, -0.15) is 8.61 Å². The molecule has 0 atom stereocenters. The largest absolute Gasteiger partial charge is 0.340 e. The number of sulfonamides is 2. The molecule has 2 saturated heterocycles. The highest BCUT2D eigenvalue weighted by molar-refractivity contribution is 7.89. The van der Waals surface area contributed by atoms with Crippen molar-refractivity contribution in [2.45, 2.75) is 23.5 Å². The normalized spacial score (nSPS) is 17.9. The van der Waals surface area contributed by atoms with Gasteiger partial charge in [-0.05, 0) is 29.8 Å². The molecule has 2 fully saturated rings. The topological polar surface area (TPSA) is 115 Å². The van der Waals surface area contributed by atoms with E-state index in [0.29, 0.717) is 10.6 Å². The zero-order valence-corrected chi connectivity index (χ0v) is 23.3. The number of carbonyl (C=O) groups is 2. The minimum absolute atomic E-state index is 0.0231. The molecule has 0 saturated carbocycles. The van der Waals surface area contributed by atoms with Crippen LogP contribution in [0, 0.1) is 0 Å². The summed E-state index contributed by atoms with van der Waals surface area (Å²) in [6, 6.07) is 14.9. The first kappa shape index (κ1) is 28.5. The molecule has 0 aliphatic carbocycles. The molecule has 206 valence electrons. The first-order chi connectivity index (χ1) is 18.1. The van der Waals surface area contributed by atoms with E-state index in [1.54, 1.807) is 34.1 Å². The Labute approximate surface area is 228 Å². The monoisotopic (exact) mass is 582 g/mol. The summed E-state index contributed by atoms with van der Waals surface area (Å²) >= 11 is 5.85. The average molecular weight is 583 g/mol. The summed E-state index contributed by atoms with van der Waals surface area (Å²) in [6.07, 6.45) is 0.0498. The molecule has 2 amide bonds. The molecule has 0 aromatic heterocycles. The highest BCUT2D eigenvalue weighted by atomic mass is 35.5. The Morgan fingerprint density at radius 1 is 0.658 bits per heavy atom. The number of piperazine rings is 2. The van der Waals surface area contributed by atoms with Gasteiger partial charge in [0.15, 0.2) is 0 Å². The summed E-state index contributed by atoms with van der Waals surface area (Å²) in [5, 5.41) is 0.448. The summed E-state index contributed by atoms with van der Waals surface area (Å²) in [5.74, 6) is -0.474. The van der Waals surface area contributed by atoms with E-state index < -0.39 is 20.0 Å². The second-order valence-corrected chi connectivity index (χ2v) is 13.6. The molecular formula is C25H31ClN4O6S2. The van der Waals surface area contributed by atoms with Crippen LogP contribution in [0.25, 0.3) is 0 Å². The van der Waals surface area contributed by atoms with Gasteiger partial charge in [-0.3, -0.25) is 9.59 Å². The van der Waals surface area contributed by atoms with Gasteiger partial charge in [0.2, 0.25) is 31.9 Å². The van der Waals surface area contributed by atoms with Crippen LogP contribution in [0.5, 0.6) is 0 Å². The van der Waals surface area contributed by atoms with Crippen molar-refractivity contribution in [1.29, 1.82) is 0 Å². The quantitative estimate of drug-likeness (QED) is 0.467. The Morgan fingerprint density at radius 3 is 1.63 bits per heavy atom. The van der Waals surface area contributed by atoms with Crippen LogP contribution in [-0.2, 0) is 35.4 Å². The van der Waals surface area contributed by atoms with Crippen LogP contribution >= 0.6 is 11.6 Å². The van der Waals surface area contributed by atoms with Gasteiger partial charge in [0, 0.05) is 70.2 Å². The van der Waals surface area contributed by atoms with Gasteiger partial charge in [-0.25, -0.2) is 16.8 Å². The number of benzene rings is 2. The lowest BCUT2D eigenvalue weighted by Crippen LogP contribution is -2.51. The average Bonchev–Trinajstić information content (AvgIpc) is 2.92. The van der Waals surface area contributed by atoms with E-state index in [9.17, 15) is 26.4 Å². The van der Waals surface area contributed by atoms with Crippen LogP contribution in [0.15, 0.2) is 59.5 Å². The molecule has 0 spiro atoms. The van der Waals surface area contributed by atoms with Crippen molar-refractivity contribution < 1.29 is 26.4 Å². The lowest BCUT2D eigenvalue weighted by Gasteiger charge is -2.35. The molecule has 0 unspecified atom stereocenters. The Kier molecular flexibility index (Phi) is 9.09. The summed E-state index contributed by atoms with van der Waals surface area (Å²) in [6.45, 7) is 1.84. The molecule has 2 heterocycles. The fourth-order valence-electron chi connectivity index (χ4n) is 4.56. The standard InChI is InChI=1S/C25H31ClN4O6S2/c26-22-6-8-23(9-7-22)38(35,36)30-18-14-28(15-19-30)25(32)11-10-24(31)27-12-16-29(17-13-27)37(33,34)20-21-4-2-1-3-5-21/h1-9H,10-20H2. The van der Waals surface area contributed by atoms with Crippen molar-refractivity contribution in [2.24, 2.45) is 0 Å². The minimum atomic E-state index is -3.67. The van der Waals surface area contributed by atoms with E-state index in [2.05, 4.69) is 0 Å². The van der Waals surface area contributed by atoms with Crippen LogP contribution < -0.4 is 0 Å². The van der Waals surface area contributed by atoms with E-state index in [1.165, 1.54) is 32.9 Å². The third-order valence-electron chi connectivity index (χ3n) is 6.77. The molecular weight excluding hydrogens is 552 g/mol. The minimum Gasteiger partial charge on any atom is -0.340 e. The van der Waals surface area contributed by atoms with Gasteiger partial charge in [0.05, 0.1) is 10.6 Å². The first-order valence-electron chi connectivity index (χ1n) is 12.4. The number of carbonyl (C=O) groups excluding carboxylic acids is 2. The molecule has 2 aliphatic heterocycles. The third kappa shape index (κ3) is 6.92. The van der Waals surface area contributed by atoms with Crippen molar-refractivity contribution in [3.63, 3.8) is 0 Å². The highest BCUT2D eigenvalue weighted by Crippen LogP contribution is 2.20. The Balaban J connectivity index is 1.20. The molecule has 0 radical (unpaired) electrons. The Morgan fingerprint density at radius 2 is 1.13 bits per heavy atom. The zero-order valence-electron chi connectivity index (χ0n) is 20.9. The molecule has 2 aromatic rings. The van der Waals surface area contributed by atoms with E-state index in [4.69, 9.17) is 11.6 Å². The molecule has 2 aromatic carbocycles. The van der Waals surface area contributed by atoms with Crippen LogP contribution in [0.4, 0.5) is 0 Å². The van der Waals surface area contributed by atoms with Crippen molar-refractivity contribution in [3.8, 4) is 0 Å². The molecule has 0 bridgehead atoms. The van der Waals surface area contributed by atoms with E-state index in [0.717, 1.165) is 0 Å². The predicted octanol–water partition coefficient (Wildman–Crippen LogP) is 1.63. The van der Waals surface area contributed by atoms with E-state index in [1.807, 2.05) is 6.07 Å². The Bertz CT molecular complexity index is 1340. The second kappa shape index (κ2) is 12.1. The number of nitrogens with zero attached hydrogens (tertiary/aromatic N) is 4. The fraction of sp³-hybridized carbons (Fsp3) is 0.440. The van der Waals surface area contributed by atoms with Crippen LogP contribution in [-0.4, -0.2) is 99.4 Å². The van der Waals surface area contributed by atoms with Gasteiger partial charge in [0.1, 0.15) is 0 Å². The first-order valence-corrected chi connectivity index (χ1v) is 15.8. The van der Waals surface area contributed by atoms with Gasteiger partial charge in [0.25, 0.3) is 0 Å². The van der Waals surface area contributed by atoms with Gasteiger partial charge >= 0.3 is 0 Å². The zero-order chi connectivity index (χ0) is 27.3. The third-order valence-corrected chi connectivity index (χ3v) is 10.8. The number of hydrogen-bond acceptors (Lipinski definition) is 6. The molecule has 10 nitrogen and oxygen atoms in total. The lowest BCUT2D eigenvalue weighted by atomic mass is 10.2. The highest BCUT2D eigenvalue weighted by Gasteiger charge is 2.32. The van der Waals surface area contributed by atoms with Crippen molar-refractivity contribution in [3.05, 3.63) is 65.2 Å². The smallest absolute Gasteiger partial charge is 0.243 e. The Hall–Kier alpha value is -2.51. The molecule has 4 rings (SSSR count). The molecule has 38 heavy (non-hydrogen) atoms. The van der Waals surface area contributed by atoms with Crippen molar-refractivity contribution >= 4 is 43.5 Å². The van der Waals surface area contributed by atoms with Gasteiger partial charge in [-0.1, -0.05) is 41.9 Å². The SMILES string of the molecule is O=C(CCC(=O)N1CCN(S(=O)(=O)c2ccc(Cl)cc2)CC1)N1CCN(S(=O)(=O)Cc2ccccc2)CC1. The maximum atomic E-state index is 12.8. The summed E-state index contributed by atoms with van der Waals surface area (Å²) < 4.78 is 53.9. The fourth-order valence-corrected chi connectivity index (χ4v) is 7.62. The summed E-state index contributed by atoms with van der Waals surface area (Å²) in [5.41, 5.74) is 0.716. The molecule has 2 aliphatic rings. The maximum Gasteiger partial charge on any atom is 0.243 e. The molecule has 13 heteroatoms. The van der Waals surface area contributed by atoms with E-state index in [-0.39, 0.29) is 87.7 Å². The lowest BCUT2D eigenvalue weighted by molar-refractivity contribution is -0.138. The van der Waals surface area contributed by atoms with E-state index >= 15 is 0 Å². The number of hydrogen-bond donors (Lipinski definition) is 0. The summed E-state index contributed by atoms with van der Waals surface area (Å²) in [4.78, 5) is 28.7. The van der Waals surface area contributed by atoms with Crippen LogP contribution in [0.2, 0.25) is 5.02 Å². The maximum absolute atomic E-state index is 12.8. The number of halogens is 1. The van der Waals surface area contributed by atoms with Gasteiger partial charge in [-0.15, -0.1) is 0 Å². The van der Waals surface area contributed by atoms with Gasteiger partial charge < -0.3 is 9.80 Å². The number of amides is 2.